The minimum atomic E-state index is -1.17. The third-order valence-electron chi connectivity index (χ3n) is 6.33. The van der Waals surface area contributed by atoms with Crippen LogP contribution in [0.2, 0.25) is 5.02 Å². The molecule has 1 aromatic heterocycles. The molecule has 0 amide bonds. The van der Waals surface area contributed by atoms with Gasteiger partial charge in [0.2, 0.25) is 0 Å². The topological polar surface area (TPSA) is 57.9 Å². The average molecular weight is 523 g/mol. The van der Waals surface area contributed by atoms with Gasteiger partial charge in [-0.25, -0.2) is 4.98 Å². The molecule has 168 valence electrons. The van der Waals surface area contributed by atoms with Crippen LogP contribution in [0.3, 0.4) is 0 Å². The first-order valence-electron chi connectivity index (χ1n) is 11.2. The molecule has 35 heavy (non-hydrogen) atoms. The van der Waals surface area contributed by atoms with Crippen LogP contribution in [0.1, 0.15) is 35.1 Å². The monoisotopic (exact) mass is 522 g/mol. The molecule has 0 spiro atoms. The molecular weight excluding hydrogens is 503 g/mol. The van der Waals surface area contributed by atoms with Crippen LogP contribution in [0.15, 0.2) is 90.1 Å². The van der Waals surface area contributed by atoms with Crippen LogP contribution in [0.25, 0.3) is 27.5 Å². The van der Waals surface area contributed by atoms with Gasteiger partial charge in [-0.2, -0.15) is 0 Å². The number of benzene rings is 4. The Morgan fingerprint density at radius 2 is 1.63 bits per heavy atom. The summed E-state index contributed by atoms with van der Waals surface area (Å²) < 4.78 is 2.07. The second kappa shape index (κ2) is 10.4. The summed E-state index contributed by atoms with van der Waals surface area (Å²) in [5.41, 5.74) is 4.73. The van der Waals surface area contributed by atoms with Crippen molar-refractivity contribution in [2.24, 2.45) is 0 Å². The molecule has 4 nitrogen and oxygen atoms in total. The van der Waals surface area contributed by atoms with E-state index >= 15 is 0 Å². The van der Waals surface area contributed by atoms with Crippen LogP contribution >= 0.6 is 23.4 Å². The Morgan fingerprint density at radius 3 is 2.34 bits per heavy atom. The molecule has 1 atom stereocenters. The third kappa shape index (κ3) is 4.86. The van der Waals surface area contributed by atoms with Crippen molar-refractivity contribution < 1.29 is 61.3 Å². The zero-order valence-corrected chi connectivity index (χ0v) is 23.8. The van der Waals surface area contributed by atoms with Crippen LogP contribution in [-0.2, 0) is 4.79 Å². The maximum Gasteiger partial charge on any atom is 1.00 e. The van der Waals surface area contributed by atoms with E-state index in [0.717, 1.165) is 22.1 Å². The number of fused-ring (bicyclic) bond motifs is 2. The van der Waals surface area contributed by atoms with Crippen molar-refractivity contribution in [3.05, 3.63) is 101 Å². The fourth-order valence-electron chi connectivity index (χ4n) is 4.56. The van der Waals surface area contributed by atoms with Gasteiger partial charge < -0.3 is 9.90 Å². The van der Waals surface area contributed by atoms with Gasteiger partial charge in [0, 0.05) is 10.4 Å². The smallest absolute Gasteiger partial charge is 0.549 e. The number of carbonyl (C=O) groups excluding carboxylic acids is 1. The van der Waals surface area contributed by atoms with Gasteiger partial charge in [0.1, 0.15) is 0 Å². The van der Waals surface area contributed by atoms with E-state index < -0.39 is 11.2 Å². The van der Waals surface area contributed by atoms with Crippen molar-refractivity contribution in [1.82, 2.24) is 9.55 Å². The van der Waals surface area contributed by atoms with Crippen molar-refractivity contribution in [2.75, 3.05) is 0 Å². The predicted molar refractivity (Wildman–Crippen MR) is 136 cm³/mol. The van der Waals surface area contributed by atoms with Crippen LogP contribution < -0.4 is 56.5 Å². The van der Waals surface area contributed by atoms with Crippen LogP contribution in [0.5, 0.6) is 0 Å². The predicted octanol–water partition coefficient (Wildman–Crippen LogP) is 3.30. The molecule has 5 aromatic rings. The molecule has 1 unspecified atom stereocenters. The summed E-state index contributed by atoms with van der Waals surface area (Å²) in [6, 6.07) is 27.5. The molecule has 1 aliphatic rings. The Kier molecular flexibility index (Phi) is 7.42. The minimum absolute atomic E-state index is 0. The SMILES string of the molecule is O=C([O-])C(Sc1nc2ccccc2n1-c1ccc(C2CC2)c2ccccc12)c1ccc(Cl)cc1.[K+]. The number of rotatable bonds is 6. The fraction of sp³-hybridized carbons (Fsp3) is 0.143. The Hall–Kier alpha value is -1.64. The van der Waals surface area contributed by atoms with Crippen molar-refractivity contribution >= 4 is 51.1 Å². The summed E-state index contributed by atoms with van der Waals surface area (Å²) in [5.74, 6) is -0.542. The fourth-order valence-corrected chi connectivity index (χ4v) is 5.74. The molecule has 1 aliphatic carbocycles. The van der Waals surface area contributed by atoms with Gasteiger partial charge in [-0.05, 0) is 65.6 Å². The molecular formula is C28H20ClKN2O2S. The number of carboxylic acids is 1. The summed E-state index contributed by atoms with van der Waals surface area (Å²) in [7, 11) is 0. The number of para-hydroxylation sites is 2. The Balaban J connectivity index is 0.00000253. The van der Waals surface area contributed by atoms with E-state index in [0.29, 0.717) is 21.7 Å². The first kappa shape index (κ1) is 25.0. The van der Waals surface area contributed by atoms with Crippen LogP contribution in [0, 0.1) is 0 Å². The first-order chi connectivity index (χ1) is 16.6. The van der Waals surface area contributed by atoms with E-state index in [9.17, 15) is 9.90 Å². The standard InChI is InChI=1S/C28H21ClN2O2S.K/c29-19-13-11-18(12-14-19)26(27(32)33)34-28-30-23-7-3-4-8-25(23)31(28)24-16-15-20(17-9-10-17)21-5-1-2-6-22(21)24;/h1-8,11-17,26H,9-10H2,(H,32,33);/q;+1/p-1. The molecule has 1 heterocycles. The Bertz CT molecular complexity index is 1550. The van der Waals surface area contributed by atoms with Gasteiger partial charge >= 0.3 is 51.4 Å². The summed E-state index contributed by atoms with van der Waals surface area (Å²) in [6.07, 6.45) is 2.46. The molecule has 7 heteroatoms. The second-order valence-corrected chi connectivity index (χ2v) is 10.1. The maximum absolute atomic E-state index is 12.2. The molecule has 0 N–H and O–H groups in total. The Labute approximate surface area is 255 Å². The van der Waals surface area contributed by atoms with E-state index in [1.54, 1.807) is 24.3 Å². The molecule has 0 aliphatic heterocycles. The molecule has 0 saturated heterocycles. The van der Waals surface area contributed by atoms with E-state index in [-0.39, 0.29) is 51.4 Å². The number of carboxylic acid groups (broad SMARTS) is 1. The summed E-state index contributed by atoms with van der Waals surface area (Å²) >= 11 is 7.20. The van der Waals surface area contributed by atoms with Gasteiger partial charge in [0.25, 0.3) is 0 Å². The van der Waals surface area contributed by atoms with Crippen molar-refractivity contribution in [3.8, 4) is 5.69 Å². The molecule has 0 radical (unpaired) electrons. The number of aliphatic carboxylic acids is 1. The maximum atomic E-state index is 12.2. The van der Waals surface area contributed by atoms with E-state index in [1.807, 2.05) is 30.3 Å². The van der Waals surface area contributed by atoms with E-state index in [1.165, 1.54) is 35.6 Å². The van der Waals surface area contributed by atoms with Gasteiger partial charge in [0.15, 0.2) is 5.16 Å². The largest absolute Gasteiger partial charge is 1.00 e. The van der Waals surface area contributed by atoms with Gasteiger partial charge in [-0.15, -0.1) is 0 Å². The van der Waals surface area contributed by atoms with Gasteiger partial charge in [-0.3, -0.25) is 4.57 Å². The quantitative estimate of drug-likeness (QED) is 0.254. The normalized spacial score (nSPS) is 14.1. The second-order valence-electron chi connectivity index (χ2n) is 8.58. The van der Waals surface area contributed by atoms with Crippen LogP contribution in [-0.4, -0.2) is 15.5 Å². The zero-order chi connectivity index (χ0) is 23.2. The molecule has 0 bridgehead atoms. The van der Waals surface area contributed by atoms with E-state index in [2.05, 4.69) is 34.9 Å². The molecule has 4 aromatic carbocycles. The number of hydrogen-bond acceptors (Lipinski definition) is 4. The number of carbonyl (C=O) groups is 1. The van der Waals surface area contributed by atoms with Crippen molar-refractivity contribution in [2.45, 2.75) is 29.2 Å². The molecule has 1 saturated carbocycles. The first-order valence-corrected chi connectivity index (χ1v) is 12.5. The summed E-state index contributed by atoms with van der Waals surface area (Å²) in [6.45, 7) is 0. The minimum Gasteiger partial charge on any atom is -0.549 e. The average Bonchev–Trinajstić information content (AvgIpc) is 3.63. The number of halogens is 1. The zero-order valence-electron chi connectivity index (χ0n) is 19.1. The number of hydrogen-bond donors (Lipinski definition) is 0. The van der Waals surface area contributed by atoms with Crippen molar-refractivity contribution in [1.29, 1.82) is 0 Å². The van der Waals surface area contributed by atoms with Crippen molar-refractivity contribution in [3.63, 3.8) is 0 Å². The van der Waals surface area contributed by atoms with E-state index in [4.69, 9.17) is 16.6 Å². The van der Waals surface area contributed by atoms with Gasteiger partial charge in [-0.1, -0.05) is 78.0 Å². The number of thioether (sulfide) groups is 1. The number of aromatic nitrogens is 2. The van der Waals surface area contributed by atoms with Crippen LogP contribution in [0.4, 0.5) is 0 Å². The number of imidazole rings is 1. The summed E-state index contributed by atoms with van der Waals surface area (Å²) in [5, 5.41) is 14.8. The third-order valence-corrected chi connectivity index (χ3v) is 7.77. The molecule has 1 fully saturated rings. The van der Waals surface area contributed by atoms with Gasteiger partial charge in [0.05, 0.1) is 27.9 Å². The molecule has 6 rings (SSSR count). The number of nitrogens with zero attached hydrogens (tertiary/aromatic N) is 2. The Morgan fingerprint density at radius 1 is 0.943 bits per heavy atom. The summed E-state index contributed by atoms with van der Waals surface area (Å²) in [4.78, 5) is 17.0.